The number of nitrogens with one attached hydrogen (secondary N) is 1. The minimum atomic E-state index is -0.0393. The van der Waals surface area contributed by atoms with E-state index in [0.29, 0.717) is 0 Å². The smallest absolute Gasteiger partial charge is 0.241 e. The fraction of sp³-hybridized carbons (Fsp3) is 0.538. The number of aromatic nitrogens is 2. The molecule has 5 nitrogen and oxygen atoms in total. The van der Waals surface area contributed by atoms with Crippen LogP contribution in [-0.2, 0) is 11.8 Å². The van der Waals surface area contributed by atoms with Crippen LogP contribution in [0.2, 0.25) is 0 Å². The highest BCUT2D eigenvalue weighted by Crippen LogP contribution is 2.19. The summed E-state index contributed by atoms with van der Waals surface area (Å²) in [7, 11) is 1.85. The predicted octanol–water partition coefficient (Wildman–Crippen LogP) is 1.32. The molecule has 2 rings (SSSR count). The largest absolute Gasteiger partial charge is 0.322 e. The number of hydrogen-bond acceptors (Lipinski definition) is 3. The van der Waals surface area contributed by atoms with Gasteiger partial charge in [0.15, 0.2) is 0 Å². The van der Waals surface area contributed by atoms with Gasteiger partial charge in [-0.25, -0.2) is 0 Å². The van der Waals surface area contributed by atoms with Crippen molar-refractivity contribution in [1.82, 2.24) is 14.7 Å². The number of carbonyl (C=O) groups excluding carboxylic acids is 1. The molecule has 1 aromatic rings. The standard InChI is InChI=1S/C13H20N4O/c1-4-7-17-8-5-6-12(17)13(18)14-11-9-16(3)15-10(11)2/h4,9,12H,1,5-8H2,2-3H3,(H,14,18)/t12-/m0/s1. The van der Waals surface area contributed by atoms with E-state index in [0.717, 1.165) is 37.3 Å². The van der Waals surface area contributed by atoms with E-state index in [1.807, 2.05) is 26.2 Å². The molecule has 98 valence electrons. The van der Waals surface area contributed by atoms with E-state index in [1.54, 1.807) is 4.68 Å². The summed E-state index contributed by atoms with van der Waals surface area (Å²) in [5.74, 6) is 0.0606. The average Bonchev–Trinajstić information content (AvgIpc) is 2.87. The number of hydrogen-bond donors (Lipinski definition) is 1. The second kappa shape index (κ2) is 5.35. The van der Waals surface area contributed by atoms with E-state index < -0.39 is 0 Å². The Morgan fingerprint density at radius 1 is 1.72 bits per heavy atom. The fourth-order valence-corrected chi connectivity index (χ4v) is 2.45. The highest BCUT2D eigenvalue weighted by molar-refractivity contribution is 5.95. The molecule has 1 aliphatic rings. The molecule has 1 atom stereocenters. The number of amides is 1. The topological polar surface area (TPSA) is 50.2 Å². The van der Waals surface area contributed by atoms with Gasteiger partial charge in [-0.3, -0.25) is 14.4 Å². The van der Waals surface area contributed by atoms with E-state index in [4.69, 9.17) is 0 Å². The first-order valence-corrected chi connectivity index (χ1v) is 6.28. The molecule has 1 fully saturated rings. The van der Waals surface area contributed by atoms with Crippen molar-refractivity contribution < 1.29 is 4.79 Å². The first-order valence-electron chi connectivity index (χ1n) is 6.28. The quantitative estimate of drug-likeness (QED) is 0.818. The molecule has 0 bridgehead atoms. The number of carbonyl (C=O) groups is 1. The van der Waals surface area contributed by atoms with Crippen LogP contribution in [0.15, 0.2) is 18.9 Å². The van der Waals surface area contributed by atoms with E-state index in [-0.39, 0.29) is 11.9 Å². The molecule has 5 heteroatoms. The second-order valence-corrected chi connectivity index (χ2v) is 4.73. The van der Waals surface area contributed by atoms with Crippen LogP contribution in [0.3, 0.4) is 0 Å². The Morgan fingerprint density at radius 2 is 2.50 bits per heavy atom. The lowest BCUT2D eigenvalue weighted by atomic mass is 10.2. The number of aryl methyl sites for hydroxylation is 2. The van der Waals surface area contributed by atoms with E-state index >= 15 is 0 Å². The lowest BCUT2D eigenvalue weighted by molar-refractivity contribution is -0.120. The zero-order chi connectivity index (χ0) is 13.1. The summed E-state index contributed by atoms with van der Waals surface area (Å²) in [5.41, 5.74) is 1.65. The van der Waals surface area contributed by atoms with Crippen LogP contribution in [0.1, 0.15) is 18.5 Å². The summed E-state index contributed by atoms with van der Waals surface area (Å²) in [5, 5.41) is 7.18. The zero-order valence-electron chi connectivity index (χ0n) is 11.0. The number of nitrogens with zero attached hydrogens (tertiary/aromatic N) is 3. The number of rotatable bonds is 4. The third kappa shape index (κ3) is 2.61. The van der Waals surface area contributed by atoms with Gasteiger partial charge in [0.25, 0.3) is 0 Å². The molecule has 18 heavy (non-hydrogen) atoms. The Bertz CT molecular complexity index is 452. The maximum Gasteiger partial charge on any atom is 0.241 e. The summed E-state index contributed by atoms with van der Waals surface area (Å²) in [6.45, 7) is 7.36. The molecule has 0 spiro atoms. The van der Waals surface area contributed by atoms with Gasteiger partial charge in [-0.15, -0.1) is 6.58 Å². The molecule has 0 radical (unpaired) electrons. The van der Waals surface area contributed by atoms with E-state index in [1.165, 1.54) is 0 Å². The highest BCUT2D eigenvalue weighted by Gasteiger charge is 2.30. The normalized spacial score (nSPS) is 20.0. The van der Waals surface area contributed by atoms with Gasteiger partial charge in [-0.05, 0) is 26.3 Å². The molecule has 1 aromatic heterocycles. The summed E-state index contributed by atoms with van der Waals surface area (Å²) in [4.78, 5) is 14.4. The maximum atomic E-state index is 12.2. The van der Waals surface area contributed by atoms with Gasteiger partial charge >= 0.3 is 0 Å². The monoisotopic (exact) mass is 248 g/mol. The molecule has 0 aliphatic carbocycles. The van der Waals surface area contributed by atoms with Gasteiger partial charge < -0.3 is 5.32 Å². The minimum Gasteiger partial charge on any atom is -0.322 e. The van der Waals surface area contributed by atoms with Gasteiger partial charge in [-0.2, -0.15) is 5.10 Å². The summed E-state index contributed by atoms with van der Waals surface area (Å²) >= 11 is 0. The van der Waals surface area contributed by atoms with Crippen molar-refractivity contribution in [3.8, 4) is 0 Å². The molecule has 1 N–H and O–H groups in total. The first-order chi connectivity index (χ1) is 8.61. The molecule has 2 heterocycles. The van der Waals surface area contributed by atoms with Crippen molar-refractivity contribution in [3.63, 3.8) is 0 Å². The third-order valence-corrected chi connectivity index (χ3v) is 3.30. The van der Waals surface area contributed by atoms with Crippen LogP contribution < -0.4 is 5.32 Å². The van der Waals surface area contributed by atoms with Crippen LogP contribution in [0.4, 0.5) is 5.69 Å². The van der Waals surface area contributed by atoms with Crippen LogP contribution in [0.25, 0.3) is 0 Å². The maximum absolute atomic E-state index is 12.2. The average molecular weight is 248 g/mol. The number of anilines is 1. The van der Waals surface area contributed by atoms with Gasteiger partial charge in [0, 0.05) is 19.8 Å². The van der Waals surface area contributed by atoms with Crippen LogP contribution in [0.5, 0.6) is 0 Å². The Labute approximate surface area is 107 Å². The van der Waals surface area contributed by atoms with Crippen LogP contribution in [0, 0.1) is 6.92 Å². The van der Waals surface area contributed by atoms with E-state index in [2.05, 4.69) is 21.9 Å². The van der Waals surface area contributed by atoms with Gasteiger partial charge in [0.2, 0.25) is 5.91 Å². The molecular formula is C13H20N4O. The lowest BCUT2D eigenvalue weighted by Gasteiger charge is -2.21. The van der Waals surface area contributed by atoms with Crippen LogP contribution >= 0.6 is 0 Å². The molecule has 1 saturated heterocycles. The first kappa shape index (κ1) is 12.8. The van der Waals surface area contributed by atoms with Gasteiger partial charge in [-0.1, -0.05) is 6.08 Å². The van der Waals surface area contributed by atoms with Crippen molar-refractivity contribution in [1.29, 1.82) is 0 Å². The Balaban J connectivity index is 2.03. The van der Waals surface area contributed by atoms with Crippen molar-refractivity contribution in [2.45, 2.75) is 25.8 Å². The highest BCUT2D eigenvalue weighted by atomic mass is 16.2. The summed E-state index contributed by atoms with van der Waals surface area (Å²) < 4.78 is 1.71. The molecule has 1 amide bonds. The van der Waals surface area contributed by atoms with Gasteiger partial charge in [0.1, 0.15) is 0 Å². The minimum absolute atomic E-state index is 0.0393. The Hall–Kier alpha value is -1.62. The zero-order valence-corrected chi connectivity index (χ0v) is 11.0. The van der Waals surface area contributed by atoms with Crippen molar-refractivity contribution >= 4 is 11.6 Å². The van der Waals surface area contributed by atoms with Crippen LogP contribution in [-0.4, -0.2) is 39.7 Å². The second-order valence-electron chi connectivity index (χ2n) is 4.73. The predicted molar refractivity (Wildman–Crippen MR) is 71.4 cm³/mol. The lowest BCUT2D eigenvalue weighted by Crippen LogP contribution is -2.39. The fourth-order valence-electron chi connectivity index (χ4n) is 2.45. The Kier molecular flexibility index (Phi) is 3.81. The van der Waals surface area contributed by atoms with Gasteiger partial charge in [0.05, 0.1) is 17.4 Å². The molecule has 0 aromatic carbocycles. The summed E-state index contributed by atoms with van der Waals surface area (Å²) in [6, 6.07) is -0.0393. The molecule has 1 aliphatic heterocycles. The SMILES string of the molecule is C=CCN1CCC[C@H]1C(=O)Nc1cn(C)nc1C. The van der Waals surface area contributed by atoms with Crippen molar-refractivity contribution in [2.75, 3.05) is 18.4 Å². The molecular weight excluding hydrogens is 228 g/mol. The van der Waals surface area contributed by atoms with Crippen molar-refractivity contribution in [2.24, 2.45) is 7.05 Å². The number of likely N-dealkylation sites (tertiary alicyclic amines) is 1. The molecule has 0 unspecified atom stereocenters. The third-order valence-electron chi connectivity index (χ3n) is 3.30. The molecule has 0 saturated carbocycles. The summed E-state index contributed by atoms with van der Waals surface area (Å²) in [6.07, 6.45) is 5.66. The Morgan fingerprint density at radius 3 is 3.11 bits per heavy atom. The van der Waals surface area contributed by atoms with E-state index in [9.17, 15) is 4.79 Å². The van der Waals surface area contributed by atoms with Crippen molar-refractivity contribution in [3.05, 3.63) is 24.5 Å².